The average molecular weight is 269 g/mol. The molecule has 2 aliphatic carbocycles. The fraction of sp³-hybridized carbons (Fsp3) is 0.769. The molecule has 2 aliphatic rings. The third-order valence-corrected chi connectivity index (χ3v) is 4.08. The number of fused-ring (bicyclic) bond motifs is 2. The summed E-state index contributed by atoms with van der Waals surface area (Å²) in [5.74, 6) is -1.31. The molecule has 0 aromatic rings. The summed E-state index contributed by atoms with van der Waals surface area (Å²) < 4.78 is 10.1. The normalized spacial score (nSPS) is 29.5. The number of carbonyl (C=O) groups is 2. The van der Waals surface area contributed by atoms with Gasteiger partial charge >= 0.3 is 11.9 Å². The summed E-state index contributed by atoms with van der Waals surface area (Å²) in [5.41, 5.74) is -0.798. The van der Waals surface area contributed by atoms with Crippen LogP contribution in [0.1, 0.15) is 33.1 Å². The van der Waals surface area contributed by atoms with E-state index in [1.807, 2.05) is 0 Å². The quantitative estimate of drug-likeness (QED) is 0.360. The van der Waals surface area contributed by atoms with Gasteiger partial charge in [-0.15, -0.1) is 0 Å². The summed E-state index contributed by atoms with van der Waals surface area (Å²) in [4.78, 5) is 24.6. The maximum atomic E-state index is 12.3. The van der Waals surface area contributed by atoms with Crippen molar-refractivity contribution in [3.05, 3.63) is 0 Å². The summed E-state index contributed by atoms with van der Waals surface area (Å²) in [7, 11) is 0. The van der Waals surface area contributed by atoms with E-state index >= 15 is 0 Å². The van der Waals surface area contributed by atoms with Crippen molar-refractivity contribution in [2.45, 2.75) is 33.1 Å². The van der Waals surface area contributed by atoms with Gasteiger partial charge in [0.2, 0.25) is 0 Å². The minimum atomic E-state index is -1.31. The van der Waals surface area contributed by atoms with Gasteiger partial charge in [-0.25, -0.2) is 0 Å². The van der Waals surface area contributed by atoms with Gasteiger partial charge in [-0.05, 0) is 39.0 Å². The first-order valence-electron chi connectivity index (χ1n) is 6.65. The Morgan fingerprint density at radius 2 is 1.89 bits per heavy atom. The first kappa shape index (κ1) is 13.8. The van der Waals surface area contributed by atoms with Crippen LogP contribution in [0.5, 0.6) is 0 Å². The molecule has 2 rings (SSSR count). The Hall–Kier alpha value is -1.59. The van der Waals surface area contributed by atoms with Gasteiger partial charge in [0.25, 0.3) is 0 Å². The van der Waals surface area contributed by atoms with E-state index in [1.54, 1.807) is 13.8 Å². The molecule has 2 fully saturated rings. The van der Waals surface area contributed by atoms with E-state index in [2.05, 4.69) is 5.16 Å². The molecule has 1 N–H and O–H groups in total. The fourth-order valence-electron chi connectivity index (χ4n) is 3.39. The van der Waals surface area contributed by atoms with E-state index < -0.39 is 17.4 Å². The number of ether oxygens (including phenoxy) is 2. The first-order valence-corrected chi connectivity index (χ1v) is 6.65. The van der Waals surface area contributed by atoms with Crippen molar-refractivity contribution in [1.29, 1.82) is 0 Å². The Kier molecular flexibility index (Phi) is 3.78. The Labute approximate surface area is 111 Å². The zero-order valence-electron chi connectivity index (χ0n) is 11.2. The predicted molar refractivity (Wildman–Crippen MR) is 65.8 cm³/mol. The SMILES string of the molecule is CCOC(=O)C1(C(=O)OCC)CC2C/C(=N\O)C1C2. The van der Waals surface area contributed by atoms with Gasteiger partial charge in [-0.3, -0.25) is 9.59 Å². The van der Waals surface area contributed by atoms with Gasteiger partial charge < -0.3 is 14.7 Å². The lowest BCUT2D eigenvalue weighted by Crippen LogP contribution is -2.48. The standard InChI is InChI=1S/C13H19NO5/c1-3-18-11(15)13(12(16)19-4-2)7-8-5-9(13)10(6-8)14-17/h8-9,17H,3-7H2,1-2H3/b14-10+. The number of hydrogen-bond acceptors (Lipinski definition) is 6. The molecule has 0 amide bonds. The summed E-state index contributed by atoms with van der Waals surface area (Å²) in [6.07, 6.45) is 1.74. The van der Waals surface area contributed by atoms with Crippen molar-refractivity contribution in [3.63, 3.8) is 0 Å². The molecule has 6 nitrogen and oxygen atoms in total. The third-order valence-electron chi connectivity index (χ3n) is 4.08. The van der Waals surface area contributed by atoms with E-state index in [-0.39, 0.29) is 25.0 Å². The number of esters is 2. The molecule has 106 valence electrons. The Bertz CT molecular complexity index is 399. The van der Waals surface area contributed by atoms with Crippen LogP contribution in [-0.2, 0) is 19.1 Å². The topological polar surface area (TPSA) is 85.2 Å². The lowest BCUT2D eigenvalue weighted by atomic mass is 9.72. The van der Waals surface area contributed by atoms with Crippen molar-refractivity contribution in [2.24, 2.45) is 22.4 Å². The van der Waals surface area contributed by atoms with Crippen molar-refractivity contribution in [1.82, 2.24) is 0 Å². The third kappa shape index (κ3) is 1.99. The molecule has 0 aromatic carbocycles. The highest BCUT2D eigenvalue weighted by Gasteiger charge is 2.65. The Balaban J connectivity index is 2.36. The van der Waals surface area contributed by atoms with Gasteiger partial charge in [0, 0.05) is 5.92 Å². The van der Waals surface area contributed by atoms with Crippen LogP contribution in [0.2, 0.25) is 0 Å². The molecule has 2 bridgehead atoms. The predicted octanol–water partition coefficient (Wildman–Crippen LogP) is 1.36. The van der Waals surface area contributed by atoms with Crippen LogP contribution < -0.4 is 0 Å². The highest BCUT2D eigenvalue weighted by Crippen LogP contribution is 2.55. The Morgan fingerprint density at radius 1 is 1.32 bits per heavy atom. The van der Waals surface area contributed by atoms with Crippen LogP contribution in [0, 0.1) is 17.3 Å². The van der Waals surface area contributed by atoms with E-state index in [0.717, 1.165) is 0 Å². The average Bonchev–Trinajstić information content (AvgIpc) is 2.96. The van der Waals surface area contributed by atoms with Crippen LogP contribution in [0.3, 0.4) is 0 Å². The number of nitrogens with zero attached hydrogens (tertiary/aromatic N) is 1. The van der Waals surface area contributed by atoms with Crippen molar-refractivity contribution >= 4 is 17.7 Å². The monoisotopic (exact) mass is 269 g/mol. The summed E-state index contributed by atoms with van der Waals surface area (Å²) in [6, 6.07) is 0. The molecule has 0 aromatic heterocycles. The maximum Gasteiger partial charge on any atom is 0.324 e. The van der Waals surface area contributed by atoms with E-state index in [0.29, 0.717) is 25.0 Å². The Morgan fingerprint density at radius 3 is 2.32 bits per heavy atom. The smallest absolute Gasteiger partial charge is 0.324 e. The zero-order chi connectivity index (χ0) is 14.0. The summed E-state index contributed by atoms with van der Waals surface area (Å²) in [5, 5.41) is 12.3. The van der Waals surface area contributed by atoms with E-state index in [9.17, 15) is 9.59 Å². The van der Waals surface area contributed by atoms with Crippen molar-refractivity contribution in [2.75, 3.05) is 13.2 Å². The summed E-state index contributed by atoms with van der Waals surface area (Å²) in [6.45, 7) is 3.82. The van der Waals surface area contributed by atoms with Gasteiger partial charge in [0.15, 0.2) is 5.41 Å². The molecular weight excluding hydrogens is 250 g/mol. The zero-order valence-corrected chi connectivity index (χ0v) is 11.2. The second kappa shape index (κ2) is 5.19. The molecular formula is C13H19NO5. The van der Waals surface area contributed by atoms with Crippen LogP contribution in [0.4, 0.5) is 0 Å². The second-order valence-electron chi connectivity index (χ2n) is 5.07. The number of rotatable bonds is 4. The minimum Gasteiger partial charge on any atom is -0.465 e. The van der Waals surface area contributed by atoms with Crippen molar-refractivity contribution < 1.29 is 24.3 Å². The first-order chi connectivity index (χ1) is 9.09. The highest BCUT2D eigenvalue weighted by atomic mass is 16.6. The number of hydrogen-bond donors (Lipinski definition) is 1. The second-order valence-corrected chi connectivity index (χ2v) is 5.07. The van der Waals surface area contributed by atoms with E-state index in [1.165, 1.54) is 0 Å². The van der Waals surface area contributed by atoms with Gasteiger partial charge in [-0.2, -0.15) is 0 Å². The van der Waals surface area contributed by atoms with Crippen LogP contribution in [-0.4, -0.2) is 36.1 Å². The molecule has 6 heteroatoms. The van der Waals surface area contributed by atoms with Crippen LogP contribution in [0.25, 0.3) is 0 Å². The molecule has 0 spiro atoms. The molecule has 2 saturated carbocycles. The maximum absolute atomic E-state index is 12.3. The molecule has 0 aliphatic heterocycles. The molecule has 19 heavy (non-hydrogen) atoms. The highest BCUT2D eigenvalue weighted by molar-refractivity contribution is 6.08. The van der Waals surface area contributed by atoms with E-state index in [4.69, 9.17) is 14.7 Å². The largest absolute Gasteiger partial charge is 0.465 e. The van der Waals surface area contributed by atoms with Gasteiger partial charge in [-0.1, -0.05) is 5.16 Å². The van der Waals surface area contributed by atoms with Crippen LogP contribution >= 0.6 is 0 Å². The molecule has 2 unspecified atom stereocenters. The molecule has 0 saturated heterocycles. The number of oxime groups is 1. The van der Waals surface area contributed by atoms with Gasteiger partial charge in [0.05, 0.1) is 18.9 Å². The fourth-order valence-corrected chi connectivity index (χ4v) is 3.39. The molecule has 0 heterocycles. The number of carbonyl (C=O) groups excluding carboxylic acids is 2. The lowest BCUT2D eigenvalue weighted by molar-refractivity contribution is -0.174. The lowest BCUT2D eigenvalue weighted by Gasteiger charge is -2.32. The summed E-state index contributed by atoms with van der Waals surface area (Å²) >= 11 is 0. The minimum absolute atomic E-state index is 0.185. The van der Waals surface area contributed by atoms with Gasteiger partial charge in [0.1, 0.15) is 0 Å². The van der Waals surface area contributed by atoms with Crippen LogP contribution in [0.15, 0.2) is 5.16 Å². The van der Waals surface area contributed by atoms with Crippen molar-refractivity contribution in [3.8, 4) is 0 Å². The molecule has 2 atom stereocenters. The molecule has 0 radical (unpaired) electrons.